The minimum atomic E-state index is -0.385. The number of benzene rings is 1. The van der Waals surface area contributed by atoms with Crippen LogP contribution in [0.5, 0.6) is 11.5 Å². The number of aliphatic imine (C=N–C) groups is 1. The number of methoxy groups -OCH3 is 1. The number of anilines is 2. The number of carbonyl (C=O) groups excluding carboxylic acids is 4. The largest absolute Gasteiger partial charge is 0.493 e. The van der Waals surface area contributed by atoms with Crippen molar-refractivity contribution in [3.05, 3.63) is 65.8 Å². The molecule has 254 valence electrons. The van der Waals surface area contributed by atoms with Gasteiger partial charge in [-0.15, -0.1) is 0 Å². The summed E-state index contributed by atoms with van der Waals surface area (Å²) in [5.41, 5.74) is 3.65. The van der Waals surface area contributed by atoms with Gasteiger partial charge < -0.3 is 44.8 Å². The molecule has 2 aromatic heterocycles. The van der Waals surface area contributed by atoms with Gasteiger partial charge in [-0.25, -0.2) is 0 Å². The highest BCUT2D eigenvalue weighted by Gasteiger charge is 2.34. The predicted octanol–water partition coefficient (Wildman–Crippen LogP) is 3.25. The lowest BCUT2D eigenvalue weighted by atomic mass is 10.1. The van der Waals surface area contributed by atoms with Crippen molar-refractivity contribution in [1.29, 1.82) is 0 Å². The average molecular weight is 659 g/mol. The van der Waals surface area contributed by atoms with Crippen molar-refractivity contribution < 1.29 is 28.7 Å². The van der Waals surface area contributed by atoms with Crippen molar-refractivity contribution in [2.24, 2.45) is 19.1 Å². The maximum absolute atomic E-state index is 13.2. The minimum absolute atomic E-state index is 0.115. The third kappa shape index (κ3) is 7.77. The quantitative estimate of drug-likeness (QED) is 0.153. The van der Waals surface area contributed by atoms with E-state index in [-0.39, 0.29) is 42.7 Å². The van der Waals surface area contributed by atoms with Gasteiger partial charge in [0.25, 0.3) is 17.7 Å². The van der Waals surface area contributed by atoms with Crippen LogP contribution in [0.2, 0.25) is 0 Å². The molecule has 4 N–H and O–H groups in total. The SMILES string of the molecule is C=C1C[C@H]2C=Nc3cc(OCCCC(=O)Nc4cc(C(=O)Nc5cc(C(=O)NCCCNC)n(C)c5)n(C)c4)c(OC)cc3C(=O)N2C1. The summed E-state index contributed by atoms with van der Waals surface area (Å²) >= 11 is 0. The molecular formula is C34H42N8O6. The van der Waals surface area contributed by atoms with Crippen LogP contribution >= 0.6 is 0 Å². The van der Waals surface area contributed by atoms with Crippen molar-refractivity contribution in [2.75, 3.05) is 51.0 Å². The number of hydrogen-bond acceptors (Lipinski definition) is 8. The molecule has 4 amide bonds. The lowest BCUT2D eigenvalue weighted by Crippen LogP contribution is -2.35. The summed E-state index contributed by atoms with van der Waals surface area (Å²) in [5.74, 6) is -0.135. The number of hydrogen-bond donors (Lipinski definition) is 4. The molecule has 3 aromatic rings. The van der Waals surface area contributed by atoms with Crippen molar-refractivity contribution in [1.82, 2.24) is 24.7 Å². The Morgan fingerprint density at radius 1 is 0.958 bits per heavy atom. The van der Waals surface area contributed by atoms with Crippen LogP contribution in [0.15, 0.2) is 53.8 Å². The molecule has 48 heavy (non-hydrogen) atoms. The van der Waals surface area contributed by atoms with E-state index >= 15 is 0 Å². The summed E-state index contributed by atoms with van der Waals surface area (Å²) in [7, 11) is 6.81. The number of carbonyl (C=O) groups is 4. The Hall–Kier alpha value is -5.37. The van der Waals surface area contributed by atoms with E-state index in [1.54, 1.807) is 71.0 Å². The number of aromatic nitrogens is 2. The Kier molecular flexibility index (Phi) is 10.6. The Labute approximate surface area is 279 Å². The Morgan fingerprint density at radius 2 is 1.67 bits per heavy atom. The monoisotopic (exact) mass is 658 g/mol. The lowest BCUT2D eigenvalue weighted by Gasteiger charge is -2.20. The van der Waals surface area contributed by atoms with Gasteiger partial charge in [-0.2, -0.15) is 0 Å². The van der Waals surface area contributed by atoms with Crippen LogP contribution in [0.4, 0.5) is 17.1 Å². The molecule has 2 aliphatic rings. The molecule has 14 nitrogen and oxygen atoms in total. The Balaban J connectivity index is 1.11. The van der Waals surface area contributed by atoms with Crippen LogP contribution in [0, 0.1) is 0 Å². The summed E-state index contributed by atoms with van der Waals surface area (Å²) in [5, 5.41) is 11.5. The normalized spacial score (nSPS) is 15.1. The molecule has 1 aromatic carbocycles. The summed E-state index contributed by atoms with van der Waals surface area (Å²) in [6.45, 7) is 6.07. The highest BCUT2D eigenvalue weighted by atomic mass is 16.5. The van der Waals surface area contributed by atoms with Gasteiger partial charge >= 0.3 is 0 Å². The molecule has 1 atom stereocenters. The van der Waals surface area contributed by atoms with E-state index in [0.717, 1.165) is 18.5 Å². The molecular weight excluding hydrogens is 616 g/mol. The second-order valence-electron chi connectivity index (χ2n) is 11.9. The smallest absolute Gasteiger partial charge is 0.272 e. The van der Waals surface area contributed by atoms with Crippen LogP contribution < -0.4 is 30.7 Å². The number of ether oxygens (including phenoxy) is 2. The van der Waals surface area contributed by atoms with E-state index in [4.69, 9.17) is 9.47 Å². The zero-order chi connectivity index (χ0) is 34.4. The molecule has 14 heteroatoms. The zero-order valence-electron chi connectivity index (χ0n) is 27.7. The maximum Gasteiger partial charge on any atom is 0.272 e. The molecule has 0 radical (unpaired) electrons. The van der Waals surface area contributed by atoms with E-state index in [1.807, 2.05) is 7.05 Å². The number of nitrogens with zero attached hydrogens (tertiary/aromatic N) is 4. The highest BCUT2D eigenvalue weighted by molar-refractivity contribution is 6.06. The van der Waals surface area contributed by atoms with E-state index in [9.17, 15) is 19.2 Å². The van der Waals surface area contributed by atoms with Crippen molar-refractivity contribution in [3.63, 3.8) is 0 Å². The predicted molar refractivity (Wildman–Crippen MR) is 183 cm³/mol. The number of aryl methyl sites for hydroxylation is 2. The summed E-state index contributed by atoms with van der Waals surface area (Å²) in [4.78, 5) is 57.8. The molecule has 0 spiro atoms. The van der Waals surface area contributed by atoms with Gasteiger partial charge in [0.2, 0.25) is 5.91 Å². The number of rotatable bonds is 14. The van der Waals surface area contributed by atoms with Crippen molar-refractivity contribution in [2.45, 2.75) is 31.7 Å². The molecule has 4 heterocycles. The van der Waals surface area contributed by atoms with Crippen LogP contribution in [0.3, 0.4) is 0 Å². The minimum Gasteiger partial charge on any atom is -0.493 e. The fourth-order valence-electron chi connectivity index (χ4n) is 5.71. The van der Waals surface area contributed by atoms with Gasteiger partial charge in [0.1, 0.15) is 11.4 Å². The third-order valence-electron chi connectivity index (χ3n) is 8.16. The number of fused-ring (bicyclic) bond motifs is 2. The maximum atomic E-state index is 13.2. The molecule has 1 saturated heterocycles. The Morgan fingerprint density at radius 3 is 2.38 bits per heavy atom. The van der Waals surface area contributed by atoms with Crippen LogP contribution in [-0.2, 0) is 18.9 Å². The molecule has 0 bridgehead atoms. The van der Waals surface area contributed by atoms with Gasteiger partial charge in [-0.3, -0.25) is 24.2 Å². The Bertz CT molecular complexity index is 1760. The van der Waals surface area contributed by atoms with E-state index in [0.29, 0.717) is 71.4 Å². The second-order valence-corrected chi connectivity index (χ2v) is 11.9. The van der Waals surface area contributed by atoms with Gasteiger partial charge in [0, 0.05) is 58.3 Å². The average Bonchev–Trinajstić information content (AvgIpc) is 3.72. The van der Waals surface area contributed by atoms with Crippen molar-refractivity contribution in [3.8, 4) is 11.5 Å². The fourth-order valence-corrected chi connectivity index (χ4v) is 5.71. The lowest BCUT2D eigenvalue weighted by molar-refractivity contribution is -0.116. The second kappa shape index (κ2) is 15.0. The molecule has 2 aliphatic heterocycles. The first-order valence-electron chi connectivity index (χ1n) is 15.8. The summed E-state index contributed by atoms with van der Waals surface area (Å²) < 4.78 is 14.7. The van der Waals surface area contributed by atoms with E-state index in [2.05, 4.69) is 32.8 Å². The standard InChI is InChI=1S/C34H42N8O6/c1-21-12-24-17-37-26-16-30(29(47-5)15-25(26)34(46)42(24)18-21)48-11-6-8-31(43)38-22-13-28(41(4)19-22)33(45)39-23-14-27(40(3)20-23)32(44)36-10-7-9-35-2/h13-17,19-20,24,35H,1,6-12,18H2,2-5H3,(H,36,44)(H,38,43)(H,39,45)/t24-/m0/s1. The molecule has 1 fully saturated rings. The number of amides is 4. The van der Waals surface area contributed by atoms with Crippen molar-refractivity contribution >= 4 is 46.9 Å². The number of nitrogens with one attached hydrogen (secondary N) is 4. The first kappa shape index (κ1) is 34.0. The van der Waals surface area contributed by atoms with Crippen LogP contribution in [0.1, 0.15) is 57.0 Å². The fraction of sp³-hybridized carbons (Fsp3) is 0.382. The first-order valence-corrected chi connectivity index (χ1v) is 15.8. The van der Waals surface area contributed by atoms with Gasteiger partial charge in [0.15, 0.2) is 11.5 Å². The molecule has 0 saturated carbocycles. The van der Waals surface area contributed by atoms with E-state index in [1.165, 1.54) is 7.11 Å². The summed E-state index contributed by atoms with van der Waals surface area (Å²) in [6, 6.07) is 6.42. The van der Waals surface area contributed by atoms with Gasteiger partial charge in [0.05, 0.1) is 42.4 Å². The zero-order valence-corrected chi connectivity index (χ0v) is 27.7. The molecule has 0 unspecified atom stereocenters. The summed E-state index contributed by atoms with van der Waals surface area (Å²) in [6.07, 6.45) is 7.17. The van der Waals surface area contributed by atoms with Crippen LogP contribution in [0.25, 0.3) is 0 Å². The molecule has 5 rings (SSSR count). The van der Waals surface area contributed by atoms with Crippen LogP contribution in [-0.4, -0.2) is 90.3 Å². The highest BCUT2D eigenvalue weighted by Crippen LogP contribution is 2.38. The third-order valence-corrected chi connectivity index (χ3v) is 8.16. The molecule has 0 aliphatic carbocycles. The first-order chi connectivity index (χ1) is 23.1. The van der Waals surface area contributed by atoms with Gasteiger partial charge in [-0.1, -0.05) is 12.2 Å². The van der Waals surface area contributed by atoms with Gasteiger partial charge in [-0.05, 0) is 51.1 Å². The topological polar surface area (TPSA) is 160 Å². The van der Waals surface area contributed by atoms with E-state index < -0.39 is 0 Å².